The molecule has 0 aliphatic carbocycles. The summed E-state index contributed by atoms with van der Waals surface area (Å²) in [6, 6.07) is 14.0. The van der Waals surface area contributed by atoms with Gasteiger partial charge in [-0.3, -0.25) is 15.5 Å². The predicted molar refractivity (Wildman–Crippen MR) is 96.9 cm³/mol. The van der Waals surface area contributed by atoms with Gasteiger partial charge in [-0.25, -0.2) is 0 Å². The van der Waals surface area contributed by atoms with Crippen molar-refractivity contribution >= 4 is 40.1 Å². The van der Waals surface area contributed by atoms with Crippen LogP contribution in [0.1, 0.15) is 12.5 Å². The summed E-state index contributed by atoms with van der Waals surface area (Å²) >= 11 is 6.46. The Bertz CT molecular complexity index is 916. The van der Waals surface area contributed by atoms with Crippen LogP contribution in [0.2, 0.25) is 5.15 Å². The Hall–Kier alpha value is -2.86. The molecule has 0 bridgehead atoms. The molecule has 2 aromatic carbocycles. The number of non-ortho nitro benzene ring substituents is 1. The highest BCUT2D eigenvalue weighted by atomic mass is 35.5. The summed E-state index contributed by atoms with van der Waals surface area (Å²) in [5.41, 5.74) is 5.45. The largest absolute Gasteiger partial charge is 0.331 e. The van der Waals surface area contributed by atoms with Crippen LogP contribution in [0.25, 0.3) is 10.9 Å². The van der Waals surface area contributed by atoms with Crippen LogP contribution in [0.4, 0.5) is 11.4 Å². The Balaban J connectivity index is 1.86. The zero-order chi connectivity index (χ0) is 17.1. The zero-order valence-electron chi connectivity index (χ0n) is 12.9. The molecule has 0 amide bonds. The fourth-order valence-electron chi connectivity index (χ4n) is 2.56. The minimum Gasteiger partial charge on any atom is -0.331 e. The highest BCUT2D eigenvalue weighted by Crippen LogP contribution is 2.28. The van der Waals surface area contributed by atoms with E-state index >= 15 is 0 Å². The molecule has 0 aliphatic heterocycles. The van der Waals surface area contributed by atoms with Gasteiger partial charge in [-0.15, -0.1) is 0 Å². The Morgan fingerprint density at radius 2 is 1.96 bits per heavy atom. The molecule has 1 N–H and O–H groups in total. The van der Waals surface area contributed by atoms with E-state index in [2.05, 4.69) is 10.5 Å². The number of aromatic nitrogens is 1. The topological polar surface area (TPSA) is 72.5 Å². The number of para-hydroxylation sites is 1. The molecule has 3 rings (SSSR count). The van der Waals surface area contributed by atoms with Crippen LogP contribution in [0.15, 0.2) is 53.6 Å². The van der Waals surface area contributed by atoms with Crippen LogP contribution in [-0.4, -0.2) is 15.7 Å². The monoisotopic (exact) mass is 342 g/mol. The number of aryl methyl sites for hydroxylation is 1. The van der Waals surface area contributed by atoms with E-state index in [4.69, 9.17) is 11.6 Å². The van der Waals surface area contributed by atoms with Crippen LogP contribution >= 0.6 is 11.6 Å². The van der Waals surface area contributed by atoms with E-state index in [0.29, 0.717) is 10.8 Å². The van der Waals surface area contributed by atoms with Gasteiger partial charge in [0.25, 0.3) is 5.69 Å². The van der Waals surface area contributed by atoms with Crippen molar-refractivity contribution in [1.29, 1.82) is 0 Å². The molecule has 0 aliphatic rings. The summed E-state index contributed by atoms with van der Waals surface area (Å²) in [7, 11) is 0. The Kier molecular flexibility index (Phi) is 4.48. The molecular formula is C17H15ClN4O2. The average Bonchev–Trinajstić information content (AvgIpc) is 2.87. The average molecular weight is 343 g/mol. The van der Waals surface area contributed by atoms with E-state index in [0.717, 1.165) is 23.0 Å². The summed E-state index contributed by atoms with van der Waals surface area (Å²) < 4.78 is 2.02. The molecule has 3 aromatic rings. The highest BCUT2D eigenvalue weighted by molar-refractivity contribution is 6.34. The van der Waals surface area contributed by atoms with Crippen LogP contribution in [0.5, 0.6) is 0 Å². The number of hydrogen-bond donors (Lipinski definition) is 1. The first-order valence-electron chi connectivity index (χ1n) is 7.42. The van der Waals surface area contributed by atoms with Gasteiger partial charge < -0.3 is 4.57 Å². The lowest BCUT2D eigenvalue weighted by Crippen LogP contribution is -1.94. The van der Waals surface area contributed by atoms with Crippen LogP contribution in [0, 0.1) is 10.1 Å². The number of halogens is 1. The van der Waals surface area contributed by atoms with Crippen molar-refractivity contribution in [3.05, 3.63) is 69.4 Å². The quantitative estimate of drug-likeness (QED) is 0.416. The molecule has 1 heterocycles. The smallest absolute Gasteiger partial charge is 0.269 e. The lowest BCUT2D eigenvalue weighted by atomic mass is 10.2. The normalized spacial score (nSPS) is 11.2. The van der Waals surface area contributed by atoms with Gasteiger partial charge in [-0.05, 0) is 25.1 Å². The summed E-state index contributed by atoms with van der Waals surface area (Å²) in [5, 5.41) is 16.5. The number of nitro benzene ring substituents is 1. The van der Waals surface area contributed by atoms with Crippen molar-refractivity contribution in [2.45, 2.75) is 13.5 Å². The van der Waals surface area contributed by atoms with Gasteiger partial charge in [0.15, 0.2) is 0 Å². The van der Waals surface area contributed by atoms with E-state index in [9.17, 15) is 10.1 Å². The lowest BCUT2D eigenvalue weighted by molar-refractivity contribution is -0.384. The molecule has 7 heteroatoms. The van der Waals surface area contributed by atoms with Gasteiger partial charge in [0.2, 0.25) is 0 Å². The number of anilines is 1. The second kappa shape index (κ2) is 6.72. The Morgan fingerprint density at radius 3 is 2.62 bits per heavy atom. The molecule has 0 saturated heterocycles. The van der Waals surface area contributed by atoms with Crippen molar-refractivity contribution in [3.63, 3.8) is 0 Å². The third kappa shape index (κ3) is 2.96. The number of hydrazone groups is 1. The van der Waals surface area contributed by atoms with Gasteiger partial charge in [0.05, 0.1) is 16.8 Å². The van der Waals surface area contributed by atoms with E-state index < -0.39 is 4.92 Å². The minimum absolute atomic E-state index is 0.0404. The number of nitro groups is 1. The van der Waals surface area contributed by atoms with Crippen molar-refractivity contribution in [2.24, 2.45) is 5.10 Å². The molecule has 0 fully saturated rings. The van der Waals surface area contributed by atoms with Crippen molar-refractivity contribution in [1.82, 2.24) is 4.57 Å². The van der Waals surface area contributed by atoms with Crippen molar-refractivity contribution < 1.29 is 4.92 Å². The lowest BCUT2D eigenvalue weighted by Gasteiger charge is -2.01. The van der Waals surface area contributed by atoms with Crippen LogP contribution in [0.3, 0.4) is 0 Å². The maximum Gasteiger partial charge on any atom is 0.269 e. The Labute approximate surface area is 143 Å². The Morgan fingerprint density at radius 1 is 1.25 bits per heavy atom. The van der Waals surface area contributed by atoms with Gasteiger partial charge in [-0.1, -0.05) is 29.8 Å². The standard InChI is InChI=1S/C17H15ClN4O2/c1-2-21-16-6-4-3-5-14(16)15(17(21)18)11-19-20-12-7-9-13(10-8-12)22(23)24/h3-11,20H,2H2,1H3/b19-11+. The number of rotatable bonds is 5. The minimum atomic E-state index is -0.438. The third-order valence-corrected chi connectivity index (χ3v) is 4.13. The third-order valence-electron chi connectivity index (χ3n) is 3.73. The maximum absolute atomic E-state index is 10.6. The summed E-state index contributed by atoms with van der Waals surface area (Å²) in [5.74, 6) is 0. The first kappa shape index (κ1) is 16.0. The number of benzene rings is 2. The second-order valence-corrected chi connectivity index (χ2v) is 5.50. The van der Waals surface area contributed by atoms with Crippen molar-refractivity contribution in [3.8, 4) is 0 Å². The first-order valence-corrected chi connectivity index (χ1v) is 7.80. The van der Waals surface area contributed by atoms with Crippen LogP contribution < -0.4 is 5.43 Å². The fourth-order valence-corrected chi connectivity index (χ4v) is 2.92. The molecule has 0 radical (unpaired) electrons. The van der Waals surface area contributed by atoms with E-state index in [1.54, 1.807) is 18.3 Å². The van der Waals surface area contributed by atoms with Gasteiger partial charge >= 0.3 is 0 Å². The molecule has 0 atom stereocenters. The summed E-state index contributed by atoms with van der Waals surface area (Å²) in [4.78, 5) is 10.2. The number of nitrogens with zero attached hydrogens (tertiary/aromatic N) is 3. The first-order chi connectivity index (χ1) is 11.6. The van der Waals surface area contributed by atoms with Crippen molar-refractivity contribution in [2.75, 3.05) is 5.43 Å². The molecule has 24 heavy (non-hydrogen) atoms. The highest BCUT2D eigenvalue weighted by Gasteiger charge is 2.12. The predicted octanol–water partition coefficient (Wildman–Crippen LogP) is 4.67. The van der Waals surface area contributed by atoms with Crippen LogP contribution in [-0.2, 0) is 6.54 Å². The van der Waals surface area contributed by atoms with E-state index in [-0.39, 0.29) is 5.69 Å². The molecular weight excluding hydrogens is 328 g/mol. The molecule has 0 saturated carbocycles. The zero-order valence-corrected chi connectivity index (χ0v) is 13.7. The number of nitrogens with one attached hydrogen (secondary N) is 1. The molecule has 6 nitrogen and oxygen atoms in total. The fraction of sp³-hybridized carbons (Fsp3) is 0.118. The van der Waals surface area contributed by atoms with E-state index in [1.165, 1.54) is 12.1 Å². The number of fused-ring (bicyclic) bond motifs is 1. The molecule has 0 unspecified atom stereocenters. The van der Waals surface area contributed by atoms with Gasteiger partial charge in [0, 0.05) is 35.1 Å². The molecule has 122 valence electrons. The molecule has 1 aromatic heterocycles. The molecule has 0 spiro atoms. The van der Waals surface area contributed by atoms with E-state index in [1.807, 2.05) is 35.8 Å². The van der Waals surface area contributed by atoms with Gasteiger partial charge in [0.1, 0.15) is 5.15 Å². The number of hydrogen-bond acceptors (Lipinski definition) is 4. The summed E-state index contributed by atoms with van der Waals surface area (Å²) in [6.07, 6.45) is 1.66. The SMILES string of the molecule is CCn1c(Cl)c(/C=N/Nc2ccc([N+](=O)[O-])cc2)c2ccccc21. The van der Waals surface area contributed by atoms with Gasteiger partial charge in [-0.2, -0.15) is 5.10 Å². The maximum atomic E-state index is 10.6. The summed E-state index contributed by atoms with van der Waals surface area (Å²) in [6.45, 7) is 2.80. The second-order valence-electron chi connectivity index (χ2n) is 5.14.